The topological polar surface area (TPSA) is 79.4 Å². The predicted molar refractivity (Wildman–Crippen MR) is 57.5 cm³/mol. The van der Waals surface area contributed by atoms with Crippen LogP contribution < -0.4 is 5.90 Å². The second kappa shape index (κ2) is 4.63. The van der Waals surface area contributed by atoms with Gasteiger partial charge in [-0.15, -0.1) is 0 Å². The molecule has 2 N–H and O–H groups in total. The highest BCUT2D eigenvalue weighted by atomic mass is 16.6. The highest BCUT2D eigenvalue weighted by molar-refractivity contribution is 5.89. The van der Waals surface area contributed by atoms with Crippen LogP contribution in [0.3, 0.4) is 0 Å². The van der Waals surface area contributed by atoms with Crippen molar-refractivity contribution >= 4 is 5.97 Å². The summed E-state index contributed by atoms with van der Waals surface area (Å²) < 4.78 is 6.44. The minimum atomic E-state index is -0.781. The van der Waals surface area contributed by atoms with Crippen molar-refractivity contribution in [1.29, 1.82) is 0 Å². The van der Waals surface area contributed by atoms with E-state index in [2.05, 4.69) is 5.10 Å². The van der Waals surface area contributed by atoms with E-state index in [4.69, 9.17) is 15.5 Å². The van der Waals surface area contributed by atoms with E-state index in [0.717, 1.165) is 0 Å². The van der Waals surface area contributed by atoms with Crippen molar-refractivity contribution in [1.82, 2.24) is 9.78 Å². The highest BCUT2D eigenvalue weighted by Crippen LogP contribution is 2.25. The zero-order chi connectivity index (χ0) is 12.3. The molecule has 6 nitrogen and oxygen atoms in total. The number of hydrogen-bond acceptors (Lipinski definition) is 5. The van der Waals surface area contributed by atoms with Crippen molar-refractivity contribution in [3.8, 4) is 0 Å². The standard InChI is InChI=1S/C10H17N3O3/c1-5-15-9(14)8-7(6-13(4)12-8)10(2,3)16-11/h6H,5,11H2,1-4H3. The highest BCUT2D eigenvalue weighted by Gasteiger charge is 2.30. The van der Waals surface area contributed by atoms with Gasteiger partial charge in [-0.05, 0) is 20.8 Å². The van der Waals surface area contributed by atoms with E-state index in [9.17, 15) is 4.79 Å². The molecular weight excluding hydrogens is 210 g/mol. The summed E-state index contributed by atoms with van der Waals surface area (Å²) in [4.78, 5) is 16.5. The fourth-order valence-electron chi connectivity index (χ4n) is 1.34. The monoisotopic (exact) mass is 227 g/mol. The summed E-state index contributed by atoms with van der Waals surface area (Å²) in [5.41, 5.74) is 0.0619. The molecular formula is C10H17N3O3. The van der Waals surface area contributed by atoms with E-state index < -0.39 is 11.6 Å². The van der Waals surface area contributed by atoms with Crippen LogP contribution in [0.1, 0.15) is 36.8 Å². The number of esters is 1. The van der Waals surface area contributed by atoms with Gasteiger partial charge in [0.05, 0.1) is 6.61 Å². The molecule has 0 unspecified atom stereocenters. The number of carbonyl (C=O) groups is 1. The molecule has 0 aliphatic rings. The van der Waals surface area contributed by atoms with Crippen LogP contribution in [0.15, 0.2) is 6.20 Å². The molecule has 0 amide bonds. The lowest BCUT2D eigenvalue weighted by atomic mass is 9.99. The zero-order valence-electron chi connectivity index (χ0n) is 9.98. The van der Waals surface area contributed by atoms with Crippen LogP contribution in [-0.4, -0.2) is 22.4 Å². The Hall–Kier alpha value is -1.40. The molecule has 0 saturated heterocycles. The maximum Gasteiger partial charge on any atom is 0.359 e. The second-order valence-corrected chi connectivity index (χ2v) is 3.91. The second-order valence-electron chi connectivity index (χ2n) is 3.91. The first kappa shape index (κ1) is 12.7. The van der Waals surface area contributed by atoms with Gasteiger partial charge in [-0.1, -0.05) is 0 Å². The molecule has 16 heavy (non-hydrogen) atoms. The summed E-state index contributed by atoms with van der Waals surface area (Å²) in [5, 5.41) is 4.05. The smallest absolute Gasteiger partial charge is 0.359 e. The van der Waals surface area contributed by atoms with Gasteiger partial charge >= 0.3 is 5.97 Å². The quantitative estimate of drug-likeness (QED) is 0.605. The Morgan fingerprint density at radius 1 is 1.62 bits per heavy atom. The molecule has 90 valence electrons. The van der Waals surface area contributed by atoms with Crippen LogP contribution in [-0.2, 0) is 22.2 Å². The molecule has 0 saturated carbocycles. The van der Waals surface area contributed by atoms with Crippen LogP contribution in [0.5, 0.6) is 0 Å². The lowest BCUT2D eigenvalue weighted by Crippen LogP contribution is -2.27. The molecule has 0 aliphatic heterocycles. The summed E-state index contributed by atoms with van der Waals surface area (Å²) in [6.45, 7) is 5.56. The summed E-state index contributed by atoms with van der Waals surface area (Å²) in [5.74, 6) is 4.73. The number of aryl methyl sites for hydroxylation is 1. The molecule has 0 radical (unpaired) electrons. The van der Waals surface area contributed by atoms with E-state index in [1.807, 2.05) is 0 Å². The van der Waals surface area contributed by atoms with Crippen LogP contribution in [0.25, 0.3) is 0 Å². The summed E-state index contributed by atoms with van der Waals surface area (Å²) in [6.07, 6.45) is 1.69. The van der Waals surface area contributed by atoms with Crippen molar-refractivity contribution < 1.29 is 14.4 Å². The molecule has 0 fully saturated rings. The Morgan fingerprint density at radius 3 is 2.75 bits per heavy atom. The molecule has 1 rings (SSSR count). The Bertz CT molecular complexity index is 385. The maximum absolute atomic E-state index is 11.6. The number of carbonyl (C=O) groups excluding carboxylic acids is 1. The molecule has 0 atom stereocenters. The molecule has 0 aliphatic carbocycles. The Labute approximate surface area is 94.3 Å². The Balaban J connectivity index is 3.14. The third-order valence-corrected chi connectivity index (χ3v) is 2.24. The van der Waals surface area contributed by atoms with Crippen LogP contribution in [0, 0.1) is 0 Å². The van der Waals surface area contributed by atoms with Crippen molar-refractivity contribution in [2.75, 3.05) is 6.61 Å². The van der Waals surface area contributed by atoms with Gasteiger partial charge in [-0.3, -0.25) is 9.52 Å². The van der Waals surface area contributed by atoms with E-state index in [0.29, 0.717) is 12.2 Å². The first-order valence-electron chi connectivity index (χ1n) is 5.01. The normalized spacial score (nSPS) is 11.6. The lowest BCUT2D eigenvalue weighted by Gasteiger charge is -2.20. The Kier molecular flexibility index (Phi) is 3.66. The first-order valence-corrected chi connectivity index (χ1v) is 5.01. The van der Waals surface area contributed by atoms with E-state index >= 15 is 0 Å². The maximum atomic E-state index is 11.6. The molecule has 0 aromatic carbocycles. The summed E-state index contributed by atoms with van der Waals surface area (Å²) in [7, 11) is 1.72. The summed E-state index contributed by atoms with van der Waals surface area (Å²) >= 11 is 0. The zero-order valence-corrected chi connectivity index (χ0v) is 9.98. The number of aromatic nitrogens is 2. The number of rotatable bonds is 4. The average molecular weight is 227 g/mol. The number of ether oxygens (including phenoxy) is 1. The van der Waals surface area contributed by atoms with Crippen LogP contribution in [0.2, 0.25) is 0 Å². The third-order valence-electron chi connectivity index (χ3n) is 2.24. The molecule has 0 spiro atoms. The third kappa shape index (κ3) is 2.40. The van der Waals surface area contributed by atoms with Crippen molar-refractivity contribution in [3.63, 3.8) is 0 Å². The van der Waals surface area contributed by atoms with Gasteiger partial charge < -0.3 is 4.74 Å². The predicted octanol–water partition coefficient (Wildman–Crippen LogP) is 0.722. The SMILES string of the molecule is CCOC(=O)c1nn(C)cc1C(C)(C)ON. The number of nitrogens with zero attached hydrogens (tertiary/aromatic N) is 2. The van der Waals surface area contributed by atoms with Gasteiger partial charge in [0.2, 0.25) is 0 Å². The van der Waals surface area contributed by atoms with Gasteiger partial charge in [-0.25, -0.2) is 10.7 Å². The first-order chi connectivity index (χ1) is 7.42. The van der Waals surface area contributed by atoms with E-state index in [1.165, 1.54) is 4.68 Å². The minimum absolute atomic E-state index is 0.236. The molecule has 1 aromatic heterocycles. The van der Waals surface area contributed by atoms with Crippen LogP contribution in [0.4, 0.5) is 0 Å². The average Bonchev–Trinajstić information content (AvgIpc) is 2.61. The fraction of sp³-hybridized carbons (Fsp3) is 0.600. The molecule has 1 aromatic rings. The fourth-order valence-corrected chi connectivity index (χ4v) is 1.34. The number of hydrogen-bond donors (Lipinski definition) is 1. The van der Waals surface area contributed by atoms with Gasteiger partial charge in [0.15, 0.2) is 5.69 Å². The Morgan fingerprint density at radius 2 is 2.25 bits per heavy atom. The van der Waals surface area contributed by atoms with Crippen LogP contribution >= 0.6 is 0 Å². The van der Waals surface area contributed by atoms with Crippen molar-refractivity contribution in [2.24, 2.45) is 12.9 Å². The number of nitrogens with two attached hydrogens (primary N) is 1. The summed E-state index contributed by atoms with van der Waals surface area (Å²) in [6, 6.07) is 0. The molecule has 0 bridgehead atoms. The molecule has 1 heterocycles. The largest absolute Gasteiger partial charge is 0.461 e. The van der Waals surface area contributed by atoms with Gasteiger partial charge in [-0.2, -0.15) is 5.10 Å². The van der Waals surface area contributed by atoms with Gasteiger partial charge in [0.1, 0.15) is 5.60 Å². The van der Waals surface area contributed by atoms with E-state index in [1.54, 1.807) is 34.0 Å². The van der Waals surface area contributed by atoms with Gasteiger partial charge in [0.25, 0.3) is 0 Å². The van der Waals surface area contributed by atoms with E-state index in [-0.39, 0.29) is 5.69 Å². The molecule has 6 heteroatoms. The minimum Gasteiger partial charge on any atom is -0.461 e. The van der Waals surface area contributed by atoms with Crippen molar-refractivity contribution in [3.05, 3.63) is 17.5 Å². The van der Waals surface area contributed by atoms with Gasteiger partial charge in [0, 0.05) is 18.8 Å². The lowest BCUT2D eigenvalue weighted by molar-refractivity contribution is -0.0247. The van der Waals surface area contributed by atoms with Crippen molar-refractivity contribution in [2.45, 2.75) is 26.4 Å².